The van der Waals surface area contributed by atoms with Gasteiger partial charge in [-0.2, -0.15) is 0 Å². The van der Waals surface area contributed by atoms with E-state index >= 15 is 0 Å². The Morgan fingerprint density at radius 3 is 2.94 bits per heavy atom. The highest BCUT2D eigenvalue weighted by molar-refractivity contribution is 5.01. The van der Waals surface area contributed by atoms with Gasteiger partial charge < -0.3 is 14.6 Å². The van der Waals surface area contributed by atoms with Crippen molar-refractivity contribution in [1.82, 2.24) is 15.2 Å². The number of nitrogens with zero attached hydrogens (tertiary/aromatic N) is 2. The second kappa shape index (κ2) is 5.46. The van der Waals surface area contributed by atoms with Crippen molar-refractivity contribution in [3.05, 3.63) is 17.8 Å². The largest absolute Gasteiger partial charge is 0.445 e. The van der Waals surface area contributed by atoms with Gasteiger partial charge in [0, 0.05) is 18.9 Å². The Balaban J connectivity index is 1.91. The van der Waals surface area contributed by atoms with Crippen LogP contribution in [0.2, 0.25) is 0 Å². The molecule has 1 fully saturated rings. The van der Waals surface area contributed by atoms with E-state index in [0.29, 0.717) is 5.92 Å². The summed E-state index contributed by atoms with van der Waals surface area (Å²) in [5, 5.41) is 3.12. The van der Waals surface area contributed by atoms with E-state index in [1.165, 1.54) is 12.8 Å². The average Bonchev–Trinajstić information content (AvgIpc) is 2.76. The summed E-state index contributed by atoms with van der Waals surface area (Å²) in [5.74, 6) is 2.47. The highest BCUT2D eigenvalue weighted by atomic mass is 16.4. The van der Waals surface area contributed by atoms with E-state index in [2.05, 4.69) is 22.2 Å². The number of rotatable bonds is 4. The van der Waals surface area contributed by atoms with Crippen LogP contribution in [0.25, 0.3) is 0 Å². The molecule has 1 aliphatic heterocycles. The first kappa shape index (κ1) is 11.6. The summed E-state index contributed by atoms with van der Waals surface area (Å²) in [5.41, 5.74) is 0. The standard InChI is InChI=1S/C12H21N3O/c1-13-6-3-11-9-14-12(16-11)10-4-7-15(2)8-5-10/h9-10,13H,3-8H2,1-2H3. The van der Waals surface area contributed by atoms with E-state index in [1.54, 1.807) is 0 Å². The van der Waals surface area contributed by atoms with Crippen LogP contribution in [0.4, 0.5) is 0 Å². The highest BCUT2D eigenvalue weighted by Gasteiger charge is 2.22. The third-order valence-electron chi connectivity index (χ3n) is 3.26. The fourth-order valence-corrected chi connectivity index (χ4v) is 2.13. The summed E-state index contributed by atoms with van der Waals surface area (Å²) < 4.78 is 5.79. The van der Waals surface area contributed by atoms with Crippen LogP contribution in [0.15, 0.2) is 10.6 Å². The van der Waals surface area contributed by atoms with Crippen LogP contribution < -0.4 is 5.32 Å². The molecule has 4 nitrogen and oxygen atoms in total. The minimum absolute atomic E-state index is 0.527. The molecule has 0 spiro atoms. The number of oxazole rings is 1. The number of hydrogen-bond donors (Lipinski definition) is 1. The Bertz CT molecular complexity index is 316. The lowest BCUT2D eigenvalue weighted by molar-refractivity contribution is 0.235. The molecule has 0 bridgehead atoms. The molecule has 1 saturated heterocycles. The van der Waals surface area contributed by atoms with Crippen LogP contribution in [-0.4, -0.2) is 43.6 Å². The Morgan fingerprint density at radius 1 is 1.50 bits per heavy atom. The van der Waals surface area contributed by atoms with Crippen LogP contribution in [-0.2, 0) is 6.42 Å². The van der Waals surface area contributed by atoms with E-state index < -0.39 is 0 Å². The monoisotopic (exact) mass is 223 g/mol. The topological polar surface area (TPSA) is 41.3 Å². The van der Waals surface area contributed by atoms with Gasteiger partial charge in [-0.15, -0.1) is 0 Å². The minimum Gasteiger partial charge on any atom is -0.445 e. The van der Waals surface area contributed by atoms with Crippen LogP contribution in [0.5, 0.6) is 0 Å². The zero-order valence-corrected chi connectivity index (χ0v) is 10.2. The lowest BCUT2D eigenvalue weighted by Gasteiger charge is -2.26. The fourth-order valence-electron chi connectivity index (χ4n) is 2.13. The molecule has 1 N–H and O–H groups in total. The zero-order chi connectivity index (χ0) is 11.4. The lowest BCUT2D eigenvalue weighted by atomic mass is 9.97. The SMILES string of the molecule is CNCCc1cnc(C2CCN(C)CC2)o1. The predicted octanol–water partition coefficient (Wildman–Crippen LogP) is 1.25. The third-order valence-corrected chi connectivity index (χ3v) is 3.26. The number of nitrogens with one attached hydrogen (secondary N) is 1. The second-order valence-electron chi connectivity index (χ2n) is 4.60. The van der Waals surface area contributed by atoms with Gasteiger partial charge >= 0.3 is 0 Å². The van der Waals surface area contributed by atoms with Crippen molar-refractivity contribution < 1.29 is 4.42 Å². The molecule has 0 aliphatic carbocycles. The zero-order valence-electron chi connectivity index (χ0n) is 10.2. The third kappa shape index (κ3) is 2.83. The molecule has 16 heavy (non-hydrogen) atoms. The number of hydrogen-bond acceptors (Lipinski definition) is 4. The van der Waals surface area contributed by atoms with E-state index in [-0.39, 0.29) is 0 Å². The van der Waals surface area contributed by atoms with E-state index in [1.807, 2.05) is 13.2 Å². The predicted molar refractivity (Wildman–Crippen MR) is 63.6 cm³/mol. The lowest BCUT2D eigenvalue weighted by Crippen LogP contribution is -2.29. The van der Waals surface area contributed by atoms with Crippen molar-refractivity contribution in [3.63, 3.8) is 0 Å². The first-order valence-corrected chi connectivity index (χ1v) is 6.07. The molecule has 0 atom stereocenters. The molecule has 90 valence electrons. The molecular weight excluding hydrogens is 202 g/mol. The first-order valence-electron chi connectivity index (χ1n) is 6.07. The number of piperidine rings is 1. The molecule has 1 aliphatic rings. The molecule has 2 heterocycles. The van der Waals surface area contributed by atoms with Gasteiger partial charge in [0.15, 0.2) is 5.89 Å². The maximum absolute atomic E-state index is 5.79. The summed E-state index contributed by atoms with van der Waals surface area (Å²) >= 11 is 0. The smallest absolute Gasteiger partial charge is 0.197 e. The first-order chi connectivity index (χ1) is 7.79. The van der Waals surface area contributed by atoms with Gasteiger partial charge in [0.2, 0.25) is 0 Å². The maximum Gasteiger partial charge on any atom is 0.197 e. The molecule has 1 aromatic rings. The van der Waals surface area contributed by atoms with Gasteiger partial charge in [-0.25, -0.2) is 4.98 Å². The van der Waals surface area contributed by atoms with E-state index in [0.717, 1.165) is 37.7 Å². The summed E-state index contributed by atoms with van der Waals surface area (Å²) in [4.78, 5) is 6.77. The van der Waals surface area contributed by atoms with Gasteiger partial charge in [-0.1, -0.05) is 0 Å². The second-order valence-corrected chi connectivity index (χ2v) is 4.60. The summed E-state index contributed by atoms with van der Waals surface area (Å²) in [6, 6.07) is 0. The number of likely N-dealkylation sites (N-methyl/N-ethyl adjacent to an activating group) is 1. The molecule has 0 radical (unpaired) electrons. The molecule has 0 saturated carbocycles. The minimum atomic E-state index is 0.527. The van der Waals surface area contributed by atoms with Crippen LogP contribution >= 0.6 is 0 Å². The van der Waals surface area contributed by atoms with Gasteiger partial charge in [0.05, 0.1) is 6.20 Å². The Hall–Kier alpha value is -0.870. The maximum atomic E-state index is 5.79. The van der Waals surface area contributed by atoms with Crippen molar-refractivity contribution in [2.75, 3.05) is 33.7 Å². The van der Waals surface area contributed by atoms with Crippen molar-refractivity contribution >= 4 is 0 Å². The number of aromatic nitrogens is 1. The molecule has 0 aromatic carbocycles. The number of likely N-dealkylation sites (tertiary alicyclic amines) is 1. The summed E-state index contributed by atoms with van der Waals surface area (Å²) in [6.07, 6.45) is 5.14. The van der Waals surface area contributed by atoms with Crippen LogP contribution in [0.1, 0.15) is 30.4 Å². The molecular formula is C12H21N3O. The van der Waals surface area contributed by atoms with E-state index in [4.69, 9.17) is 4.42 Å². The summed E-state index contributed by atoms with van der Waals surface area (Å²) in [6.45, 7) is 3.25. The van der Waals surface area contributed by atoms with Crippen LogP contribution in [0, 0.1) is 0 Å². The molecule has 2 rings (SSSR count). The summed E-state index contributed by atoms with van der Waals surface area (Å²) in [7, 11) is 4.12. The molecule has 1 aromatic heterocycles. The van der Waals surface area contributed by atoms with Crippen molar-refractivity contribution in [3.8, 4) is 0 Å². The Labute approximate surface area is 97.0 Å². The fraction of sp³-hybridized carbons (Fsp3) is 0.750. The van der Waals surface area contributed by atoms with Gasteiger partial charge in [0.25, 0.3) is 0 Å². The van der Waals surface area contributed by atoms with Crippen molar-refractivity contribution in [2.45, 2.75) is 25.2 Å². The molecule has 0 amide bonds. The molecule has 4 heteroatoms. The van der Waals surface area contributed by atoms with Gasteiger partial charge in [-0.05, 0) is 40.0 Å². The van der Waals surface area contributed by atoms with E-state index in [9.17, 15) is 0 Å². The van der Waals surface area contributed by atoms with Gasteiger partial charge in [-0.3, -0.25) is 0 Å². The van der Waals surface area contributed by atoms with Gasteiger partial charge in [0.1, 0.15) is 5.76 Å². The normalized spacial score (nSPS) is 19.1. The Morgan fingerprint density at radius 2 is 2.25 bits per heavy atom. The van der Waals surface area contributed by atoms with Crippen LogP contribution in [0.3, 0.4) is 0 Å². The average molecular weight is 223 g/mol. The van der Waals surface area contributed by atoms with Crippen molar-refractivity contribution in [2.24, 2.45) is 0 Å². The van der Waals surface area contributed by atoms with Crippen molar-refractivity contribution in [1.29, 1.82) is 0 Å². The highest BCUT2D eigenvalue weighted by Crippen LogP contribution is 2.26. The molecule has 0 unspecified atom stereocenters. The Kier molecular flexibility index (Phi) is 3.96. The quantitative estimate of drug-likeness (QED) is 0.834.